The van der Waals surface area contributed by atoms with Gasteiger partial charge in [-0.25, -0.2) is 4.79 Å². The number of piperidine rings is 3. The smallest absolute Gasteiger partial charge is 0.408 e. The molecule has 5 aromatic rings. The number of ether oxygens (including phenoxy) is 1. The van der Waals surface area contributed by atoms with Gasteiger partial charge >= 0.3 is 6.09 Å². The number of rotatable bonds is 16. The molecular weight excluding hydrogens is 723 g/mol. The fraction of sp³-hybridized carbons (Fsp3) is 0.356. The van der Waals surface area contributed by atoms with Crippen molar-refractivity contribution in [2.75, 3.05) is 45.8 Å². The molecule has 4 aromatic carbocycles. The van der Waals surface area contributed by atoms with Crippen molar-refractivity contribution in [2.24, 2.45) is 5.92 Å². The molecule has 0 aliphatic carbocycles. The van der Waals surface area contributed by atoms with E-state index in [1.54, 1.807) is 21.9 Å². The second-order valence-corrected chi connectivity index (χ2v) is 15.0. The molecule has 3 atom stereocenters. The molecule has 4 heterocycles. The third-order valence-electron chi connectivity index (χ3n) is 11.4. The first-order chi connectivity index (χ1) is 27.7. The summed E-state index contributed by atoms with van der Waals surface area (Å²) >= 11 is 0. The van der Waals surface area contributed by atoms with Gasteiger partial charge in [0.25, 0.3) is 5.91 Å². The summed E-state index contributed by atoms with van der Waals surface area (Å²) in [5, 5.41) is 35.5. The summed E-state index contributed by atoms with van der Waals surface area (Å²) in [6, 6.07) is 30.5. The second-order valence-electron chi connectivity index (χ2n) is 15.0. The number of phenolic OH excluding ortho intramolecular Hbond substituents is 1. The van der Waals surface area contributed by atoms with Crippen LogP contribution in [0.25, 0.3) is 10.9 Å². The first-order valence-corrected chi connectivity index (χ1v) is 19.8. The number of nitrogens with one attached hydrogen (secondary N) is 2. The van der Waals surface area contributed by atoms with E-state index in [4.69, 9.17) is 4.74 Å². The molecule has 3 aliphatic rings. The summed E-state index contributed by atoms with van der Waals surface area (Å²) in [6.07, 6.45) is 0.924. The van der Waals surface area contributed by atoms with Crippen LogP contribution >= 0.6 is 0 Å². The number of pyridine rings is 1. The van der Waals surface area contributed by atoms with Crippen LogP contribution in [-0.4, -0.2) is 98.9 Å². The highest BCUT2D eigenvalue weighted by molar-refractivity contribution is 5.94. The van der Waals surface area contributed by atoms with Crippen molar-refractivity contribution >= 4 is 22.9 Å². The van der Waals surface area contributed by atoms with Crippen LogP contribution in [0.5, 0.6) is 11.5 Å². The average molecular weight is 774 g/mol. The van der Waals surface area contributed by atoms with Crippen LogP contribution < -0.4 is 15.6 Å². The Kier molecular flexibility index (Phi) is 12.5. The Labute approximate surface area is 332 Å². The quantitative estimate of drug-likeness (QED) is 0.0742. The summed E-state index contributed by atoms with van der Waals surface area (Å²) in [5.41, 5.74) is 3.81. The minimum absolute atomic E-state index is 0.0562. The number of nitrogens with zero attached hydrogens (tertiary/aromatic N) is 3. The summed E-state index contributed by atoms with van der Waals surface area (Å²) in [5.74, 6) is 0.854. The molecule has 12 heteroatoms. The molecule has 57 heavy (non-hydrogen) atoms. The molecule has 2 bridgehead atoms. The van der Waals surface area contributed by atoms with Gasteiger partial charge in [-0.15, -0.1) is 0 Å². The zero-order valence-corrected chi connectivity index (χ0v) is 32.2. The number of phenols is 1. The van der Waals surface area contributed by atoms with Crippen LogP contribution in [-0.2, 0) is 6.61 Å². The molecule has 1 unspecified atom stereocenters. The van der Waals surface area contributed by atoms with Crippen LogP contribution in [0, 0.1) is 5.92 Å². The summed E-state index contributed by atoms with van der Waals surface area (Å²) in [6.45, 7) is 6.95. The Morgan fingerprint density at radius 3 is 2.40 bits per heavy atom. The van der Waals surface area contributed by atoms with Crippen molar-refractivity contribution in [1.82, 2.24) is 25.0 Å². The van der Waals surface area contributed by atoms with Crippen LogP contribution in [0.2, 0.25) is 0 Å². The summed E-state index contributed by atoms with van der Waals surface area (Å²) < 4.78 is 6.26. The Balaban J connectivity index is 0.934. The van der Waals surface area contributed by atoms with Crippen molar-refractivity contribution in [3.63, 3.8) is 0 Å². The van der Waals surface area contributed by atoms with Gasteiger partial charge < -0.3 is 40.2 Å². The van der Waals surface area contributed by atoms with Crippen molar-refractivity contribution in [1.29, 1.82) is 0 Å². The topological polar surface area (TPSA) is 159 Å². The fourth-order valence-electron chi connectivity index (χ4n) is 8.41. The van der Waals surface area contributed by atoms with Crippen molar-refractivity contribution < 1.29 is 29.6 Å². The van der Waals surface area contributed by atoms with Gasteiger partial charge in [0.05, 0.1) is 23.7 Å². The lowest BCUT2D eigenvalue weighted by atomic mass is 9.81. The highest BCUT2D eigenvalue weighted by Gasteiger charge is 2.43. The maximum absolute atomic E-state index is 13.4. The van der Waals surface area contributed by atoms with Gasteiger partial charge in [0.15, 0.2) is 0 Å². The molecular formula is C45H51N5O7. The third kappa shape index (κ3) is 9.15. The number of benzene rings is 4. The highest BCUT2D eigenvalue weighted by Crippen LogP contribution is 2.39. The number of amides is 2. The van der Waals surface area contributed by atoms with Gasteiger partial charge in [0.1, 0.15) is 18.1 Å². The predicted octanol–water partition coefficient (Wildman–Crippen LogP) is 6.15. The van der Waals surface area contributed by atoms with E-state index in [0.29, 0.717) is 59.8 Å². The minimum atomic E-state index is -0.918. The Hall–Kier alpha value is -5.69. The van der Waals surface area contributed by atoms with Gasteiger partial charge in [-0.2, -0.15) is 0 Å². The first-order valence-electron chi connectivity index (χ1n) is 19.8. The van der Waals surface area contributed by atoms with Crippen LogP contribution in [0.15, 0.2) is 108 Å². The number of aromatic amines is 1. The first kappa shape index (κ1) is 39.5. The summed E-state index contributed by atoms with van der Waals surface area (Å²) in [7, 11) is 0. The molecule has 0 spiro atoms. The number of hydrogen-bond donors (Lipinski definition) is 5. The normalized spacial score (nSPS) is 18.5. The lowest BCUT2D eigenvalue weighted by Crippen LogP contribution is -2.59. The largest absolute Gasteiger partial charge is 0.506 e. The molecule has 3 aliphatic heterocycles. The number of aromatic hydroxyl groups is 1. The standard InChI is InChI=1S/C45H51N5O7/c1-2-49(23-7-22-46-27-40(52)36-16-18-39(51)42-37(36)17-19-41(53)47-42)44(54)33-14-12-30(13-15-33)29-57-35-11-6-10-34(26-35)43(32-8-4-3-5-9-32)50(45(55)56)38-28-48-24-20-31(38)21-25-48/h3-6,8-19,26,31,38,40,43,46,51-52H,2,7,20-25,27-29H2,1H3,(H,47,53)(H,55,56)/t38?,40-,43+/m0/s1. The number of carbonyl (C=O) groups excluding carboxylic acids is 1. The highest BCUT2D eigenvalue weighted by atomic mass is 16.5. The maximum atomic E-state index is 13.4. The lowest BCUT2D eigenvalue weighted by Gasteiger charge is -2.50. The number of aliphatic hydroxyl groups is 1. The lowest BCUT2D eigenvalue weighted by molar-refractivity contribution is -0.000814. The number of aliphatic hydroxyl groups excluding tert-OH is 1. The van der Waals surface area contributed by atoms with E-state index in [0.717, 1.165) is 49.2 Å². The van der Waals surface area contributed by atoms with E-state index in [1.807, 2.05) is 85.8 Å². The Bertz CT molecular complexity index is 2200. The third-order valence-corrected chi connectivity index (χ3v) is 11.4. The maximum Gasteiger partial charge on any atom is 0.408 e. The Morgan fingerprint density at radius 1 is 0.947 bits per heavy atom. The van der Waals surface area contributed by atoms with E-state index in [1.165, 1.54) is 12.1 Å². The number of fused-ring (bicyclic) bond motifs is 4. The van der Waals surface area contributed by atoms with Crippen LogP contribution in [0.4, 0.5) is 4.79 Å². The van der Waals surface area contributed by atoms with Crippen LogP contribution in [0.3, 0.4) is 0 Å². The van der Waals surface area contributed by atoms with Gasteiger partial charge in [0, 0.05) is 43.2 Å². The number of aromatic nitrogens is 1. The second kappa shape index (κ2) is 18.1. The molecule has 3 fully saturated rings. The van der Waals surface area contributed by atoms with E-state index in [2.05, 4.69) is 15.2 Å². The summed E-state index contributed by atoms with van der Waals surface area (Å²) in [4.78, 5) is 46.6. The van der Waals surface area contributed by atoms with Crippen molar-refractivity contribution in [3.05, 3.63) is 141 Å². The van der Waals surface area contributed by atoms with Gasteiger partial charge in [-0.05, 0) is 110 Å². The van der Waals surface area contributed by atoms with Gasteiger partial charge in [-0.1, -0.05) is 60.7 Å². The predicted molar refractivity (Wildman–Crippen MR) is 219 cm³/mol. The number of carboxylic acid groups (broad SMARTS) is 1. The number of H-pyrrole nitrogens is 1. The number of carbonyl (C=O) groups is 2. The molecule has 1 aromatic heterocycles. The van der Waals surface area contributed by atoms with E-state index >= 15 is 0 Å². The Morgan fingerprint density at radius 2 is 1.70 bits per heavy atom. The molecule has 0 radical (unpaired) electrons. The SMILES string of the molecule is CCN(CCCNC[C@H](O)c1ccc(O)c2[nH]c(=O)ccc12)C(=O)c1ccc(COc2cccc([C@@H](c3ccccc3)N(C(=O)O)C3CN4CCC3CC4)c2)cc1. The van der Waals surface area contributed by atoms with Crippen LogP contribution in [0.1, 0.15) is 70.9 Å². The average Bonchev–Trinajstić information content (AvgIpc) is 3.24. The van der Waals surface area contributed by atoms with E-state index in [-0.39, 0.29) is 36.4 Å². The zero-order chi connectivity index (χ0) is 39.9. The fourth-order valence-corrected chi connectivity index (χ4v) is 8.41. The molecule has 12 nitrogen and oxygen atoms in total. The molecule has 8 rings (SSSR count). The van der Waals surface area contributed by atoms with Gasteiger partial charge in [0.2, 0.25) is 5.56 Å². The zero-order valence-electron chi connectivity index (χ0n) is 32.2. The number of hydrogen-bond acceptors (Lipinski definition) is 8. The van der Waals surface area contributed by atoms with Gasteiger partial charge in [-0.3, -0.25) is 14.5 Å². The molecule has 3 saturated heterocycles. The minimum Gasteiger partial charge on any atom is -0.506 e. The monoisotopic (exact) mass is 773 g/mol. The van der Waals surface area contributed by atoms with Crippen molar-refractivity contribution in [2.45, 2.75) is 51.0 Å². The molecule has 0 saturated carbocycles. The van der Waals surface area contributed by atoms with E-state index < -0.39 is 18.2 Å². The van der Waals surface area contributed by atoms with Crippen molar-refractivity contribution in [3.8, 4) is 11.5 Å². The molecule has 2 amide bonds. The van der Waals surface area contributed by atoms with E-state index in [9.17, 15) is 29.7 Å². The molecule has 298 valence electrons. The molecule has 5 N–H and O–H groups in total.